The summed E-state index contributed by atoms with van der Waals surface area (Å²) in [5, 5.41) is 11.5. The minimum Gasteiger partial charge on any atom is -0.493 e. The summed E-state index contributed by atoms with van der Waals surface area (Å²) in [6, 6.07) is 17.0. The van der Waals surface area contributed by atoms with E-state index >= 15 is 0 Å². The van der Waals surface area contributed by atoms with Gasteiger partial charge >= 0.3 is 6.18 Å². The average molecular weight is 458 g/mol. The fourth-order valence-electron chi connectivity index (χ4n) is 3.35. The molecule has 0 aliphatic rings. The Bertz CT molecular complexity index is 1240. The molecule has 33 heavy (non-hydrogen) atoms. The molecule has 4 aromatic rings. The molecule has 6 nitrogen and oxygen atoms in total. The highest BCUT2D eigenvalue weighted by Gasteiger charge is 2.34. The number of alkyl halides is 3. The molecule has 4 rings (SSSR count). The van der Waals surface area contributed by atoms with Gasteiger partial charge in [0.15, 0.2) is 17.3 Å². The zero-order valence-electron chi connectivity index (χ0n) is 17.4. The SMILES string of the molecule is COc1cccc(-c2nnnn2Cc2ccc(F)cc2C(F)(F)F)c1OCc1ccccc1. The Labute approximate surface area is 186 Å². The first-order chi connectivity index (χ1) is 15.9. The number of hydrogen-bond acceptors (Lipinski definition) is 5. The maximum atomic E-state index is 13.5. The minimum absolute atomic E-state index is 0.174. The number of hydrogen-bond donors (Lipinski definition) is 0. The number of tetrazole rings is 1. The van der Waals surface area contributed by atoms with Gasteiger partial charge in [-0.1, -0.05) is 42.5 Å². The second kappa shape index (κ2) is 9.27. The summed E-state index contributed by atoms with van der Waals surface area (Å²) in [7, 11) is 1.48. The lowest BCUT2D eigenvalue weighted by Gasteiger charge is -2.16. The second-order valence-corrected chi connectivity index (χ2v) is 7.07. The van der Waals surface area contributed by atoms with Crippen molar-refractivity contribution in [3.8, 4) is 22.9 Å². The van der Waals surface area contributed by atoms with Crippen molar-refractivity contribution < 1.29 is 27.0 Å². The van der Waals surface area contributed by atoms with Gasteiger partial charge in [0.1, 0.15) is 12.4 Å². The van der Waals surface area contributed by atoms with Crippen LogP contribution in [-0.2, 0) is 19.3 Å². The molecule has 170 valence electrons. The third-order valence-electron chi connectivity index (χ3n) is 4.90. The van der Waals surface area contributed by atoms with Crippen molar-refractivity contribution in [3.05, 3.63) is 89.2 Å². The molecule has 0 fully saturated rings. The number of ether oxygens (including phenoxy) is 2. The van der Waals surface area contributed by atoms with E-state index in [0.717, 1.165) is 17.7 Å². The van der Waals surface area contributed by atoms with Gasteiger partial charge in [-0.15, -0.1) is 5.10 Å². The first kappa shape index (κ1) is 22.3. The fourth-order valence-corrected chi connectivity index (χ4v) is 3.35. The van der Waals surface area contributed by atoms with E-state index in [9.17, 15) is 17.6 Å². The van der Waals surface area contributed by atoms with Crippen LogP contribution in [-0.4, -0.2) is 27.3 Å². The lowest BCUT2D eigenvalue weighted by molar-refractivity contribution is -0.138. The standard InChI is InChI=1S/C23H18F4N4O2/c1-32-20-9-5-8-18(21(20)33-14-15-6-3-2-4-7-15)22-28-29-30-31(22)13-16-10-11-17(24)12-19(16)23(25,26)27/h2-12H,13-14H2,1H3. The third-order valence-corrected chi connectivity index (χ3v) is 4.90. The molecule has 0 amide bonds. The van der Waals surface area contributed by atoms with E-state index in [0.29, 0.717) is 23.1 Å². The van der Waals surface area contributed by atoms with Crippen LogP contribution in [0.2, 0.25) is 0 Å². The van der Waals surface area contributed by atoms with Crippen LogP contribution in [0.4, 0.5) is 17.6 Å². The predicted octanol–water partition coefficient (Wildman–Crippen LogP) is 5.13. The predicted molar refractivity (Wildman–Crippen MR) is 111 cm³/mol. The smallest absolute Gasteiger partial charge is 0.416 e. The molecular weight excluding hydrogens is 440 g/mol. The Morgan fingerprint density at radius 2 is 1.76 bits per heavy atom. The van der Waals surface area contributed by atoms with E-state index in [4.69, 9.17) is 9.47 Å². The molecular formula is C23H18F4N4O2. The molecule has 0 N–H and O–H groups in total. The molecule has 3 aromatic carbocycles. The number of para-hydroxylation sites is 1. The zero-order chi connectivity index (χ0) is 23.4. The lowest BCUT2D eigenvalue weighted by atomic mass is 10.1. The van der Waals surface area contributed by atoms with E-state index in [2.05, 4.69) is 15.5 Å². The van der Waals surface area contributed by atoms with Crippen molar-refractivity contribution in [1.82, 2.24) is 20.2 Å². The fraction of sp³-hybridized carbons (Fsp3) is 0.174. The normalized spacial score (nSPS) is 11.4. The maximum absolute atomic E-state index is 13.5. The molecule has 0 spiro atoms. The topological polar surface area (TPSA) is 62.1 Å². The summed E-state index contributed by atoms with van der Waals surface area (Å²) < 4.78 is 66.4. The second-order valence-electron chi connectivity index (χ2n) is 7.07. The van der Waals surface area contributed by atoms with Gasteiger partial charge in [0.05, 0.1) is 24.8 Å². The van der Waals surface area contributed by atoms with Crippen LogP contribution in [0.1, 0.15) is 16.7 Å². The molecule has 0 radical (unpaired) electrons. The molecule has 0 saturated carbocycles. The Kier molecular flexibility index (Phi) is 6.25. The van der Waals surface area contributed by atoms with Crippen molar-refractivity contribution in [3.63, 3.8) is 0 Å². The van der Waals surface area contributed by atoms with Crippen LogP contribution >= 0.6 is 0 Å². The highest BCUT2D eigenvalue weighted by Crippen LogP contribution is 2.38. The van der Waals surface area contributed by atoms with Gasteiger partial charge in [-0.05, 0) is 45.8 Å². The number of aromatic nitrogens is 4. The Balaban J connectivity index is 1.71. The molecule has 0 atom stereocenters. The van der Waals surface area contributed by atoms with E-state index in [1.165, 1.54) is 11.8 Å². The monoisotopic (exact) mass is 458 g/mol. The van der Waals surface area contributed by atoms with Crippen molar-refractivity contribution in [1.29, 1.82) is 0 Å². The number of rotatable bonds is 7. The number of methoxy groups -OCH3 is 1. The summed E-state index contributed by atoms with van der Waals surface area (Å²) in [5.74, 6) is -0.0485. The zero-order valence-corrected chi connectivity index (χ0v) is 17.4. The van der Waals surface area contributed by atoms with Gasteiger partial charge in [0.2, 0.25) is 0 Å². The van der Waals surface area contributed by atoms with Gasteiger partial charge in [-0.2, -0.15) is 13.2 Å². The van der Waals surface area contributed by atoms with Crippen molar-refractivity contribution in [2.75, 3.05) is 7.11 Å². The third kappa shape index (κ3) is 4.94. The van der Waals surface area contributed by atoms with Gasteiger partial charge in [0.25, 0.3) is 0 Å². The quantitative estimate of drug-likeness (QED) is 0.359. The maximum Gasteiger partial charge on any atom is 0.416 e. The number of benzene rings is 3. The molecule has 1 aromatic heterocycles. The number of halogens is 4. The molecule has 0 bridgehead atoms. The summed E-state index contributed by atoms with van der Waals surface area (Å²) in [4.78, 5) is 0. The number of nitrogens with zero attached hydrogens (tertiary/aromatic N) is 4. The van der Waals surface area contributed by atoms with Crippen LogP contribution < -0.4 is 9.47 Å². The Hall–Kier alpha value is -3.95. The van der Waals surface area contributed by atoms with Crippen LogP contribution in [0.15, 0.2) is 66.7 Å². The summed E-state index contributed by atoms with van der Waals surface area (Å²) in [5.41, 5.74) is 0.0864. The Morgan fingerprint density at radius 1 is 0.970 bits per heavy atom. The summed E-state index contributed by atoms with van der Waals surface area (Å²) in [6.45, 7) is -0.0985. The first-order valence-corrected chi connectivity index (χ1v) is 9.82. The molecule has 0 saturated heterocycles. The summed E-state index contributed by atoms with van der Waals surface area (Å²) in [6.07, 6.45) is -4.73. The highest BCUT2D eigenvalue weighted by atomic mass is 19.4. The van der Waals surface area contributed by atoms with E-state index in [-0.39, 0.29) is 24.5 Å². The minimum atomic E-state index is -4.73. The first-order valence-electron chi connectivity index (χ1n) is 9.82. The van der Waals surface area contributed by atoms with Crippen LogP contribution in [0.25, 0.3) is 11.4 Å². The molecule has 10 heteroatoms. The lowest BCUT2D eigenvalue weighted by Crippen LogP contribution is -2.14. The average Bonchev–Trinajstić information content (AvgIpc) is 3.26. The van der Waals surface area contributed by atoms with E-state index in [1.54, 1.807) is 18.2 Å². The van der Waals surface area contributed by atoms with Crippen LogP contribution in [0.5, 0.6) is 11.5 Å². The van der Waals surface area contributed by atoms with Crippen LogP contribution in [0, 0.1) is 5.82 Å². The van der Waals surface area contributed by atoms with Crippen LogP contribution in [0.3, 0.4) is 0 Å². The van der Waals surface area contributed by atoms with E-state index < -0.39 is 17.6 Å². The van der Waals surface area contributed by atoms with Crippen molar-refractivity contribution >= 4 is 0 Å². The molecule has 0 unspecified atom stereocenters. The van der Waals surface area contributed by atoms with Crippen molar-refractivity contribution in [2.45, 2.75) is 19.3 Å². The largest absolute Gasteiger partial charge is 0.493 e. The highest BCUT2D eigenvalue weighted by molar-refractivity contribution is 5.68. The van der Waals surface area contributed by atoms with E-state index in [1.807, 2.05) is 30.3 Å². The van der Waals surface area contributed by atoms with Gasteiger partial charge < -0.3 is 9.47 Å². The van der Waals surface area contributed by atoms with Gasteiger partial charge in [-0.25, -0.2) is 9.07 Å². The van der Waals surface area contributed by atoms with Gasteiger partial charge in [-0.3, -0.25) is 0 Å². The Morgan fingerprint density at radius 3 is 2.48 bits per heavy atom. The molecule has 1 heterocycles. The van der Waals surface area contributed by atoms with Crippen molar-refractivity contribution in [2.24, 2.45) is 0 Å². The van der Waals surface area contributed by atoms with Gasteiger partial charge in [0, 0.05) is 0 Å². The molecule has 0 aliphatic carbocycles. The molecule has 0 aliphatic heterocycles. The summed E-state index contributed by atoms with van der Waals surface area (Å²) >= 11 is 0.